The smallest absolute Gasteiger partial charge is 0.00108 e. The molecule has 0 heteroatoms. The second-order valence-corrected chi connectivity index (χ2v) is 17.2. The van der Waals surface area contributed by atoms with Crippen LogP contribution in [-0.2, 0) is 0 Å². The van der Waals surface area contributed by atoms with Crippen LogP contribution in [0, 0.1) is 0 Å². The maximum atomic E-state index is 2.58. The lowest BCUT2D eigenvalue weighted by Gasteiger charge is -2.16. The summed E-state index contributed by atoms with van der Waals surface area (Å²) < 4.78 is 0. The Kier molecular flexibility index (Phi) is 5.99. The molecule has 52 heavy (non-hydrogen) atoms. The molecule has 0 spiro atoms. The van der Waals surface area contributed by atoms with Crippen molar-refractivity contribution in [3.63, 3.8) is 0 Å². The van der Waals surface area contributed by atoms with Crippen LogP contribution >= 0.6 is 0 Å². The zero-order valence-corrected chi connectivity index (χ0v) is 31.5. The Hall–Kier alpha value is -5.20. The van der Waals surface area contributed by atoms with Gasteiger partial charge in [-0.25, -0.2) is 0 Å². The topological polar surface area (TPSA) is 0 Å². The fourth-order valence-electron chi connectivity index (χ4n) is 10.3. The minimum Gasteiger partial charge on any atom is -0.0616 e. The van der Waals surface area contributed by atoms with Crippen molar-refractivity contribution in [2.75, 3.05) is 0 Å². The third-order valence-corrected chi connectivity index (χ3v) is 12.8. The van der Waals surface area contributed by atoms with Crippen LogP contribution in [0.3, 0.4) is 0 Å². The van der Waals surface area contributed by atoms with E-state index in [1.165, 1.54) is 131 Å². The van der Waals surface area contributed by atoms with Crippen molar-refractivity contribution in [2.24, 2.45) is 0 Å². The molecule has 10 aromatic rings. The monoisotopic (exact) mass is 668 g/mol. The Morgan fingerprint density at radius 3 is 1.48 bits per heavy atom. The second kappa shape index (κ2) is 10.2. The van der Waals surface area contributed by atoms with Gasteiger partial charge in [0.05, 0.1) is 0 Å². The molecule has 0 heterocycles. The quantitative estimate of drug-likeness (QED) is 0.175. The van der Waals surface area contributed by atoms with E-state index in [0.29, 0.717) is 23.7 Å². The van der Waals surface area contributed by atoms with E-state index in [2.05, 4.69) is 152 Å². The lowest BCUT2D eigenvalue weighted by molar-refractivity contribution is 0.869. The van der Waals surface area contributed by atoms with Crippen LogP contribution in [0.2, 0.25) is 0 Å². The van der Waals surface area contributed by atoms with Crippen LogP contribution in [0.15, 0.2) is 97.1 Å². The number of benzene rings is 8. The lowest BCUT2D eigenvalue weighted by Crippen LogP contribution is -1.94. The fraction of sp³-hybridized carbons (Fsp3) is 0.231. The van der Waals surface area contributed by atoms with Gasteiger partial charge in [0.15, 0.2) is 0 Å². The zero-order valence-electron chi connectivity index (χ0n) is 31.5. The first-order chi connectivity index (χ1) is 25.1. The van der Waals surface area contributed by atoms with Gasteiger partial charge in [-0.15, -0.1) is 0 Å². The standard InChI is InChI=1S/C52H44/c1-25(2)32-15-31-13-14-35(26(3)4)48-43-21-34-20-40-44(22-33(34)19-39(43)41(18-32)47(31)48)50-37(28(7)8)23-45-38-16-29-11-9-10-12-30(29)17-42(38)49-36(27(5)6)24-46(40)52(50)51(45)49/h9-28H,1-8H3. The molecule has 0 aliphatic heterocycles. The first-order valence-electron chi connectivity index (χ1n) is 19.5. The van der Waals surface area contributed by atoms with Gasteiger partial charge in [-0.3, -0.25) is 0 Å². The molecule has 0 radical (unpaired) electrons. The summed E-state index contributed by atoms with van der Waals surface area (Å²) in [4.78, 5) is 0. The van der Waals surface area contributed by atoms with Gasteiger partial charge in [0.2, 0.25) is 0 Å². The summed E-state index contributed by atoms with van der Waals surface area (Å²) in [5, 5.41) is 22.4. The van der Waals surface area contributed by atoms with Crippen LogP contribution in [0.5, 0.6) is 0 Å². The van der Waals surface area contributed by atoms with E-state index < -0.39 is 0 Å². The van der Waals surface area contributed by atoms with Gasteiger partial charge in [0.25, 0.3) is 0 Å². The molecule has 11 rings (SSSR count). The third-order valence-electron chi connectivity index (χ3n) is 12.8. The highest BCUT2D eigenvalue weighted by molar-refractivity contribution is 6.39. The van der Waals surface area contributed by atoms with Crippen LogP contribution in [0.1, 0.15) is 101 Å². The van der Waals surface area contributed by atoms with E-state index >= 15 is 0 Å². The second-order valence-electron chi connectivity index (χ2n) is 17.2. The number of rotatable bonds is 4. The highest BCUT2D eigenvalue weighted by atomic mass is 14.3. The van der Waals surface area contributed by atoms with Crippen LogP contribution in [0.4, 0.5) is 0 Å². The Morgan fingerprint density at radius 1 is 0.308 bits per heavy atom. The Morgan fingerprint density at radius 2 is 0.865 bits per heavy atom. The van der Waals surface area contributed by atoms with E-state index in [9.17, 15) is 0 Å². The van der Waals surface area contributed by atoms with Crippen molar-refractivity contribution in [1.82, 2.24) is 0 Å². The van der Waals surface area contributed by atoms with Crippen molar-refractivity contribution in [3.05, 3.63) is 119 Å². The molecule has 1 aliphatic rings. The van der Waals surface area contributed by atoms with Gasteiger partial charge in [-0.05, 0) is 203 Å². The minimum absolute atomic E-state index is 0.402. The molecular formula is C52H44. The molecular weight excluding hydrogens is 625 g/mol. The predicted molar refractivity (Wildman–Crippen MR) is 230 cm³/mol. The number of hydrogen-bond donors (Lipinski definition) is 0. The highest BCUT2D eigenvalue weighted by Crippen LogP contribution is 2.57. The molecule has 10 aromatic carbocycles. The SMILES string of the molecule is CC(C)c1cc2ccc(C(C)C)c3c4cc5cc6c(cc5cc4c(c1)c23)c1c(C(C)C)cc2c3c(c(C(C)C)cc6c31)-c1cc3ccccc3cc1-2. The van der Waals surface area contributed by atoms with Gasteiger partial charge in [0.1, 0.15) is 0 Å². The summed E-state index contributed by atoms with van der Waals surface area (Å²) in [6.07, 6.45) is 0. The summed E-state index contributed by atoms with van der Waals surface area (Å²) in [5.41, 5.74) is 11.5. The first-order valence-corrected chi connectivity index (χ1v) is 19.5. The molecule has 0 fully saturated rings. The molecule has 0 aromatic heterocycles. The molecule has 0 bridgehead atoms. The predicted octanol–water partition coefficient (Wildman–Crippen LogP) is 15.9. The summed E-state index contributed by atoms with van der Waals surface area (Å²) in [6.45, 7) is 18.8. The average molecular weight is 669 g/mol. The summed E-state index contributed by atoms with van der Waals surface area (Å²) in [6, 6.07) is 38.8. The minimum atomic E-state index is 0.402. The van der Waals surface area contributed by atoms with Gasteiger partial charge >= 0.3 is 0 Å². The van der Waals surface area contributed by atoms with Gasteiger partial charge < -0.3 is 0 Å². The molecule has 0 nitrogen and oxygen atoms in total. The normalized spacial score (nSPS) is 13.3. The molecule has 252 valence electrons. The first kappa shape index (κ1) is 30.4. The molecule has 0 atom stereocenters. The summed E-state index contributed by atoms with van der Waals surface area (Å²) in [7, 11) is 0. The molecule has 0 saturated carbocycles. The van der Waals surface area contributed by atoms with Crippen molar-refractivity contribution in [1.29, 1.82) is 0 Å². The maximum Gasteiger partial charge on any atom is -0.00108 e. The van der Waals surface area contributed by atoms with Gasteiger partial charge in [0, 0.05) is 0 Å². The Labute approximate surface area is 305 Å². The van der Waals surface area contributed by atoms with Crippen LogP contribution in [0.25, 0.3) is 108 Å². The highest BCUT2D eigenvalue weighted by Gasteiger charge is 2.31. The zero-order chi connectivity index (χ0) is 35.5. The molecule has 0 N–H and O–H groups in total. The van der Waals surface area contributed by atoms with Crippen molar-refractivity contribution in [2.45, 2.75) is 79.1 Å². The van der Waals surface area contributed by atoms with E-state index in [1.54, 1.807) is 0 Å². The lowest BCUT2D eigenvalue weighted by atomic mass is 9.87. The average Bonchev–Trinajstić information content (AvgIpc) is 3.73. The van der Waals surface area contributed by atoms with E-state index in [0.717, 1.165) is 0 Å². The summed E-state index contributed by atoms with van der Waals surface area (Å²) in [5.74, 6) is 1.74. The van der Waals surface area contributed by atoms with E-state index in [-0.39, 0.29) is 0 Å². The third kappa shape index (κ3) is 3.78. The fourth-order valence-corrected chi connectivity index (χ4v) is 10.3. The van der Waals surface area contributed by atoms with E-state index in [4.69, 9.17) is 0 Å². The largest absolute Gasteiger partial charge is 0.0616 e. The molecule has 0 saturated heterocycles. The van der Waals surface area contributed by atoms with Gasteiger partial charge in [-0.2, -0.15) is 0 Å². The summed E-state index contributed by atoms with van der Waals surface area (Å²) >= 11 is 0. The van der Waals surface area contributed by atoms with Crippen molar-refractivity contribution >= 4 is 86.2 Å². The number of fused-ring (bicyclic) bond motifs is 11. The molecule has 0 amide bonds. The Balaban J connectivity index is 1.31. The van der Waals surface area contributed by atoms with Crippen LogP contribution in [-0.4, -0.2) is 0 Å². The Bertz CT molecular complexity index is 3160. The molecule has 0 unspecified atom stereocenters. The maximum absolute atomic E-state index is 2.58. The number of hydrogen-bond acceptors (Lipinski definition) is 0. The van der Waals surface area contributed by atoms with Crippen molar-refractivity contribution in [3.8, 4) is 22.3 Å². The van der Waals surface area contributed by atoms with Crippen molar-refractivity contribution < 1.29 is 0 Å². The van der Waals surface area contributed by atoms with Crippen LogP contribution < -0.4 is 0 Å². The van der Waals surface area contributed by atoms with Gasteiger partial charge in [-0.1, -0.05) is 104 Å². The van der Waals surface area contributed by atoms with E-state index in [1.807, 2.05) is 0 Å². The molecule has 1 aliphatic carbocycles.